The molecule has 112 valence electrons. The minimum absolute atomic E-state index is 0.284. The van der Waals surface area contributed by atoms with E-state index in [0.29, 0.717) is 22.6 Å². The Labute approximate surface area is 130 Å². The number of methoxy groups -OCH3 is 2. The molecular weight excluding hydrogens is 297 g/mol. The molecule has 0 aromatic heterocycles. The highest BCUT2D eigenvalue weighted by Gasteiger charge is 2.28. The quantitative estimate of drug-likeness (QED) is 0.897. The van der Waals surface area contributed by atoms with Gasteiger partial charge in [-0.25, -0.2) is 0 Å². The standard InChI is InChI=1S/C15H21Cl2NO2/c1-19-9-12(10-3-5-18-6-4-10)11-7-13(16)14(17)8-15(11)20-2/h7-8,10,12,18H,3-6,9H2,1-2H3. The Hall–Kier alpha value is -0.480. The van der Waals surface area contributed by atoms with Gasteiger partial charge in [-0.1, -0.05) is 23.2 Å². The van der Waals surface area contributed by atoms with Gasteiger partial charge in [-0.2, -0.15) is 0 Å². The third-order valence-corrected chi connectivity index (χ3v) is 4.69. The third-order valence-electron chi connectivity index (χ3n) is 3.97. The largest absolute Gasteiger partial charge is 0.496 e. The second kappa shape index (κ2) is 7.51. The predicted octanol–water partition coefficient (Wildman–Crippen LogP) is 3.73. The molecule has 20 heavy (non-hydrogen) atoms. The normalized spacial score (nSPS) is 18.0. The van der Waals surface area contributed by atoms with E-state index in [4.69, 9.17) is 32.7 Å². The van der Waals surface area contributed by atoms with Crippen LogP contribution in [0.4, 0.5) is 0 Å². The Morgan fingerprint density at radius 1 is 1.20 bits per heavy atom. The summed E-state index contributed by atoms with van der Waals surface area (Å²) in [6.45, 7) is 2.77. The van der Waals surface area contributed by atoms with E-state index in [1.54, 1.807) is 20.3 Å². The van der Waals surface area contributed by atoms with Crippen LogP contribution in [-0.2, 0) is 4.74 Å². The van der Waals surface area contributed by atoms with E-state index in [1.807, 2.05) is 6.07 Å². The average molecular weight is 318 g/mol. The smallest absolute Gasteiger partial charge is 0.124 e. The zero-order valence-corrected chi connectivity index (χ0v) is 13.4. The third kappa shape index (κ3) is 3.59. The van der Waals surface area contributed by atoms with Gasteiger partial charge in [-0.05, 0) is 37.9 Å². The summed E-state index contributed by atoms with van der Waals surface area (Å²) in [6, 6.07) is 3.72. The van der Waals surface area contributed by atoms with Gasteiger partial charge in [0.05, 0.1) is 23.8 Å². The Morgan fingerprint density at radius 3 is 2.45 bits per heavy atom. The molecule has 1 fully saturated rings. The number of ether oxygens (including phenoxy) is 2. The lowest BCUT2D eigenvalue weighted by Crippen LogP contribution is -2.32. The van der Waals surface area contributed by atoms with Crippen molar-refractivity contribution in [1.29, 1.82) is 0 Å². The van der Waals surface area contributed by atoms with E-state index in [0.717, 1.165) is 37.2 Å². The van der Waals surface area contributed by atoms with Crippen LogP contribution in [0.1, 0.15) is 24.3 Å². The van der Waals surface area contributed by atoms with Gasteiger partial charge in [-0.3, -0.25) is 0 Å². The summed E-state index contributed by atoms with van der Waals surface area (Å²) >= 11 is 12.3. The zero-order chi connectivity index (χ0) is 14.5. The van der Waals surface area contributed by atoms with Gasteiger partial charge in [-0.15, -0.1) is 0 Å². The fourth-order valence-electron chi connectivity index (χ4n) is 2.92. The molecule has 1 N–H and O–H groups in total. The monoisotopic (exact) mass is 317 g/mol. The van der Waals surface area contributed by atoms with Crippen LogP contribution in [0, 0.1) is 5.92 Å². The molecule has 3 nitrogen and oxygen atoms in total. The van der Waals surface area contributed by atoms with E-state index in [9.17, 15) is 0 Å². The molecule has 0 spiro atoms. The first-order valence-corrected chi connectivity index (χ1v) is 7.65. The number of rotatable bonds is 5. The first-order valence-electron chi connectivity index (χ1n) is 6.90. The average Bonchev–Trinajstić information content (AvgIpc) is 2.48. The van der Waals surface area contributed by atoms with E-state index >= 15 is 0 Å². The molecule has 0 bridgehead atoms. The number of halogens is 2. The van der Waals surface area contributed by atoms with Gasteiger partial charge in [0.2, 0.25) is 0 Å². The van der Waals surface area contributed by atoms with Crippen molar-refractivity contribution in [2.45, 2.75) is 18.8 Å². The number of hydrogen-bond acceptors (Lipinski definition) is 3. The Balaban J connectivity index is 2.34. The van der Waals surface area contributed by atoms with Crippen LogP contribution >= 0.6 is 23.2 Å². The molecule has 5 heteroatoms. The first-order chi connectivity index (χ1) is 9.67. The van der Waals surface area contributed by atoms with Crippen molar-refractivity contribution in [3.63, 3.8) is 0 Å². The van der Waals surface area contributed by atoms with E-state index in [1.165, 1.54) is 0 Å². The van der Waals surface area contributed by atoms with Gasteiger partial charge in [0, 0.05) is 24.7 Å². The van der Waals surface area contributed by atoms with Crippen molar-refractivity contribution >= 4 is 23.2 Å². The molecule has 1 aliphatic rings. The van der Waals surface area contributed by atoms with Gasteiger partial charge in [0.15, 0.2) is 0 Å². The van der Waals surface area contributed by atoms with Crippen LogP contribution in [0.5, 0.6) is 5.75 Å². The summed E-state index contributed by atoms with van der Waals surface area (Å²) in [5.41, 5.74) is 1.09. The van der Waals surface area contributed by atoms with Crippen molar-refractivity contribution in [2.75, 3.05) is 33.9 Å². The van der Waals surface area contributed by atoms with Crippen LogP contribution in [0.3, 0.4) is 0 Å². The van der Waals surface area contributed by atoms with Crippen molar-refractivity contribution in [2.24, 2.45) is 5.92 Å². The molecule has 1 atom stereocenters. The Morgan fingerprint density at radius 2 is 1.85 bits per heavy atom. The van der Waals surface area contributed by atoms with Crippen molar-refractivity contribution in [3.05, 3.63) is 27.7 Å². The molecule has 1 unspecified atom stereocenters. The van der Waals surface area contributed by atoms with Crippen LogP contribution < -0.4 is 10.1 Å². The molecule has 1 saturated heterocycles. The number of piperidine rings is 1. The van der Waals surface area contributed by atoms with Gasteiger partial charge < -0.3 is 14.8 Å². The lowest BCUT2D eigenvalue weighted by atomic mass is 9.80. The maximum Gasteiger partial charge on any atom is 0.124 e. The number of hydrogen-bond donors (Lipinski definition) is 1. The van der Waals surface area contributed by atoms with Gasteiger partial charge in [0.1, 0.15) is 5.75 Å². The summed E-state index contributed by atoms with van der Waals surface area (Å²) in [5, 5.41) is 4.48. The van der Waals surface area contributed by atoms with Crippen LogP contribution in [-0.4, -0.2) is 33.9 Å². The summed E-state index contributed by atoms with van der Waals surface area (Å²) < 4.78 is 10.9. The van der Waals surface area contributed by atoms with Crippen molar-refractivity contribution in [3.8, 4) is 5.75 Å². The first kappa shape index (κ1) is 15.9. The Bertz CT molecular complexity index is 448. The Kier molecular flexibility index (Phi) is 5.97. The SMILES string of the molecule is COCC(c1cc(Cl)c(Cl)cc1OC)C1CCNCC1. The number of benzene rings is 1. The van der Waals surface area contributed by atoms with Crippen LogP contribution in [0.15, 0.2) is 12.1 Å². The molecule has 1 aromatic carbocycles. The highest BCUT2D eigenvalue weighted by atomic mass is 35.5. The molecule has 0 saturated carbocycles. The van der Waals surface area contributed by atoms with E-state index in [2.05, 4.69) is 5.32 Å². The fraction of sp³-hybridized carbons (Fsp3) is 0.600. The topological polar surface area (TPSA) is 30.5 Å². The zero-order valence-electron chi connectivity index (χ0n) is 11.9. The van der Waals surface area contributed by atoms with Gasteiger partial charge >= 0.3 is 0 Å². The summed E-state index contributed by atoms with van der Waals surface area (Å²) in [7, 11) is 3.40. The highest BCUT2D eigenvalue weighted by molar-refractivity contribution is 6.42. The lowest BCUT2D eigenvalue weighted by molar-refractivity contribution is 0.143. The van der Waals surface area contributed by atoms with Crippen molar-refractivity contribution < 1.29 is 9.47 Å². The summed E-state index contributed by atoms with van der Waals surface area (Å²) in [4.78, 5) is 0. The van der Waals surface area contributed by atoms with E-state index in [-0.39, 0.29) is 5.92 Å². The summed E-state index contributed by atoms with van der Waals surface area (Å²) in [5.74, 6) is 1.65. The van der Waals surface area contributed by atoms with Gasteiger partial charge in [0.25, 0.3) is 0 Å². The summed E-state index contributed by atoms with van der Waals surface area (Å²) in [6.07, 6.45) is 2.27. The molecule has 2 rings (SSSR count). The predicted molar refractivity (Wildman–Crippen MR) is 83.2 cm³/mol. The van der Waals surface area contributed by atoms with Crippen LogP contribution in [0.2, 0.25) is 10.0 Å². The molecule has 1 heterocycles. The van der Waals surface area contributed by atoms with E-state index < -0.39 is 0 Å². The maximum absolute atomic E-state index is 6.19. The second-order valence-electron chi connectivity index (χ2n) is 5.16. The second-order valence-corrected chi connectivity index (χ2v) is 5.97. The highest BCUT2D eigenvalue weighted by Crippen LogP contribution is 2.40. The molecule has 0 amide bonds. The lowest BCUT2D eigenvalue weighted by Gasteiger charge is -2.31. The minimum Gasteiger partial charge on any atom is -0.496 e. The number of nitrogens with one attached hydrogen (secondary N) is 1. The fourth-order valence-corrected chi connectivity index (χ4v) is 3.24. The van der Waals surface area contributed by atoms with Crippen LogP contribution in [0.25, 0.3) is 0 Å². The molecular formula is C15H21Cl2NO2. The minimum atomic E-state index is 0.284. The maximum atomic E-state index is 6.19. The molecule has 0 aliphatic carbocycles. The molecule has 1 aliphatic heterocycles. The molecule has 1 aromatic rings. The molecule has 0 radical (unpaired) electrons. The van der Waals surface area contributed by atoms with Crippen molar-refractivity contribution in [1.82, 2.24) is 5.32 Å².